The number of rotatable bonds is 5. The summed E-state index contributed by atoms with van der Waals surface area (Å²) in [6, 6.07) is 3.49. The maximum absolute atomic E-state index is 11.8. The smallest absolute Gasteiger partial charge is 0.305 e. The maximum Gasteiger partial charge on any atom is 0.305 e. The lowest BCUT2D eigenvalue weighted by atomic mass is 10.1. The number of aryl methyl sites for hydroxylation is 1. The van der Waals surface area contributed by atoms with Gasteiger partial charge in [-0.1, -0.05) is 0 Å². The van der Waals surface area contributed by atoms with Crippen molar-refractivity contribution in [3.8, 4) is 0 Å². The van der Waals surface area contributed by atoms with Crippen molar-refractivity contribution < 1.29 is 19.6 Å². The number of carboxylic acid groups (broad SMARTS) is 1. The molecule has 0 aromatic heterocycles. The van der Waals surface area contributed by atoms with E-state index in [2.05, 4.69) is 5.32 Å². The SMILES string of the molecule is Cc1cc(C(=O)NC(C)CC(=O)O)ccc1[N+](=O)[O-]. The fourth-order valence-electron chi connectivity index (χ4n) is 1.62. The maximum atomic E-state index is 11.8. The van der Waals surface area contributed by atoms with Crippen LogP contribution in [-0.2, 0) is 4.79 Å². The van der Waals surface area contributed by atoms with E-state index in [1.807, 2.05) is 0 Å². The summed E-state index contributed by atoms with van der Waals surface area (Å²) in [6.45, 7) is 3.11. The number of hydrogen-bond donors (Lipinski definition) is 2. The second-order valence-corrected chi connectivity index (χ2v) is 4.23. The topological polar surface area (TPSA) is 110 Å². The number of nitro benzene ring substituents is 1. The van der Waals surface area contributed by atoms with Crippen molar-refractivity contribution in [3.63, 3.8) is 0 Å². The van der Waals surface area contributed by atoms with E-state index in [4.69, 9.17) is 5.11 Å². The lowest BCUT2D eigenvalue weighted by Gasteiger charge is -2.11. The van der Waals surface area contributed by atoms with Gasteiger partial charge in [-0.05, 0) is 26.0 Å². The van der Waals surface area contributed by atoms with Gasteiger partial charge in [0.2, 0.25) is 0 Å². The highest BCUT2D eigenvalue weighted by Gasteiger charge is 2.16. The summed E-state index contributed by atoms with van der Waals surface area (Å²) < 4.78 is 0. The van der Waals surface area contributed by atoms with Gasteiger partial charge in [0.15, 0.2) is 0 Å². The zero-order valence-corrected chi connectivity index (χ0v) is 10.5. The molecule has 7 heteroatoms. The Kier molecular flexibility index (Phi) is 4.57. The first-order chi connectivity index (χ1) is 8.81. The Labute approximate surface area is 109 Å². The summed E-state index contributed by atoms with van der Waals surface area (Å²) in [6.07, 6.45) is -0.183. The first-order valence-electron chi connectivity index (χ1n) is 5.59. The molecule has 0 fully saturated rings. The van der Waals surface area contributed by atoms with Crippen LogP contribution in [0.2, 0.25) is 0 Å². The summed E-state index contributed by atoms with van der Waals surface area (Å²) in [5.74, 6) is -1.46. The summed E-state index contributed by atoms with van der Waals surface area (Å²) in [7, 11) is 0. The third-order valence-electron chi connectivity index (χ3n) is 2.51. The minimum Gasteiger partial charge on any atom is -0.481 e. The van der Waals surface area contributed by atoms with E-state index in [0.717, 1.165) is 0 Å². The highest BCUT2D eigenvalue weighted by molar-refractivity contribution is 5.95. The molecule has 19 heavy (non-hydrogen) atoms. The first-order valence-corrected chi connectivity index (χ1v) is 5.59. The summed E-state index contributed by atoms with van der Waals surface area (Å²) in [5, 5.41) is 21.7. The predicted octanol–water partition coefficient (Wildman–Crippen LogP) is 1.50. The molecule has 2 N–H and O–H groups in total. The molecular formula is C12H14N2O5. The van der Waals surface area contributed by atoms with Gasteiger partial charge in [0, 0.05) is 23.2 Å². The summed E-state index contributed by atoms with van der Waals surface area (Å²) >= 11 is 0. The molecule has 1 unspecified atom stereocenters. The second kappa shape index (κ2) is 5.94. The Hall–Kier alpha value is -2.44. The number of carbonyl (C=O) groups excluding carboxylic acids is 1. The molecule has 1 rings (SSSR count). The van der Waals surface area contributed by atoms with Crippen LogP contribution in [0, 0.1) is 17.0 Å². The molecule has 1 aromatic rings. The average molecular weight is 266 g/mol. The van der Waals surface area contributed by atoms with Gasteiger partial charge in [0.1, 0.15) is 0 Å². The number of amides is 1. The van der Waals surface area contributed by atoms with E-state index in [-0.39, 0.29) is 17.7 Å². The summed E-state index contributed by atoms with van der Waals surface area (Å²) in [5.41, 5.74) is 0.582. The van der Waals surface area contributed by atoms with Crippen LogP contribution in [0.15, 0.2) is 18.2 Å². The van der Waals surface area contributed by atoms with E-state index < -0.39 is 22.8 Å². The van der Waals surface area contributed by atoms with Crippen LogP contribution < -0.4 is 5.32 Å². The molecule has 0 aliphatic rings. The molecule has 1 atom stereocenters. The number of benzene rings is 1. The number of nitro groups is 1. The fourth-order valence-corrected chi connectivity index (χ4v) is 1.62. The molecule has 0 spiro atoms. The van der Waals surface area contributed by atoms with E-state index in [1.165, 1.54) is 25.1 Å². The Morgan fingerprint density at radius 1 is 1.47 bits per heavy atom. The van der Waals surface area contributed by atoms with E-state index >= 15 is 0 Å². The van der Waals surface area contributed by atoms with Gasteiger partial charge in [-0.3, -0.25) is 19.7 Å². The molecule has 102 valence electrons. The highest BCUT2D eigenvalue weighted by atomic mass is 16.6. The van der Waals surface area contributed by atoms with Gasteiger partial charge in [0.05, 0.1) is 11.3 Å². The van der Waals surface area contributed by atoms with Crippen molar-refractivity contribution in [3.05, 3.63) is 39.4 Å². The minimum atomic E-state index is -1.01. The van der Waals surface area contributed by atoms with Crippen molar-refractivity contribution in [2.45, 2.75) is 26.3 Å². The van der Waals surface area contributed by atoms with Crippen LogP contribution in [0.3, 0.4) is 0 Å². The van der Waals surface area contributed by atoms with Crippen molar-refractivity contribution in [1.29, 1.82) is 0 Å². The van der Waals surface area contributed by atoms with E-state index in [1.54, 1.807) is 6.92 Å². The molecule has 0 heterocycles. The van der Waals surface area contributed by atoms with Gasteiger partial charge < -0.3 is 10.4 Å². The highest BCUT2D eigenvalue weighted by Crippen LogP contribution is 2.18. The third kappa shape index (κ3) is 4.06. The molecule has 0 saturated heterocycles. The average Bonchev–Trinajstić information content (AvgIpc) is 2.26. The molecule has 0 bridgehead atoms. The van der Waals surface area contributed by atoms with Crippen molar-refractivity contribution in [1.82, 2.24) is 5.32 Å². The number of carbonyl (C=O) groups is 2. The van der Waals surface area contributed by atoms with Crippen LogP contribution in [0.4, 0.5) is 5.69 Å². The van der Waals surface area contributed by atoms with Crippen molar-refractivity contribution >= 4 is 17.6 Å². The fraction of sp³-hybridized carbons (Fsp3) is 0.333. The zero-order valence-electron chi connectivity index (χ0n) is 10.5. The lowest BCUT2D eigenvalue weighted by Crippen LogP contribution is -2.34. The van der Waals surface area contributed by atoms with Gasteiger partial charge in [-0.15, -0.1) is 0 Å². The normalized spacial score (nSPS) is 11.7. The zero-order chi connectivity index (χ0) is 14.6. The van der Waals surface area contributed by atoms with E-state index in [0.29, 0.717) is 5.56 Å². The number of nitrogens with one attached hydrogen (secondary N) is 1. The number of nitrogens with zero attached hydrogens (tertiary/aromatic N) is 1. The molecule has 0 aliphatic heterocycles. The van der Waals surface area contributed by atoms with Gasteiger partial charge in [-0.25, -0.2) is 0 Å². The number of hydrogen-bond acceptors (Lipinski definition) is 4. The Morgan fingerprint density at radius 3 is 2.58 bits per heavy atom. The molecule has 0 aliphatic carbocycles. The number of carboxylic acids is 1. The lowest BCUT2D eigenvalue weighted by molar-refractivity contribution is -0.385. The molecule has 7 nitrogen and oxygen atoms in total. The van der Waals surface area contributed by atoms with E-state index in [9.17, 15) is 19.7 Å². The van der Waals surface area contributed by atoms with Gasteiger partial charge in [-0.2, -0.15) is 0 Å². The number of aliphatic carboxylic acids is 1. The standard InChI is InChI=1S/C12H14N2O5/c1-7-5-9(3-4-10(7)14(18)19)12(17)13-8(2)6-11(15)16/h3-5,8H,6H2,1-2H3,(H,13,17)(H,15,16). The van der Waals surface area contributed by atoms with Crippen LogP contribution in [0.25, 0.3) is 0 Å². The quantitative estimate of drug-likeness (QED) is 0.619. The van der Waals surface area contributed by atoms with Gasteiger partial charge in [0.25, 0.3) is 11.6 Å². The molecular weight excluding hydrogens is 252 g/mol. The largest absolute Gasteiger partial charge is 0.481 e. The van der Waals surface area contributed by atoms with Crippen LogP contribution >= 0.6 is 0 Å². The monoisotopic (exact) mass is 266 g/mol. The van der Waals surface area contributed by atoms with Gasteiger partial charge >= 0.3 is 5.97 Å². The van der Waals surface area contributed by atoms with Crippen molar-refractivity contribution in [2.75, 3.05) is 0 Å². The summed E-state index contributed by atoms with van der Waals surface area (Å²) in [4.78, 5) is 32.4. The Balaban J connectivity index is 2.81. The second-order valence-electron chi connectivity index (χ2n) is 4.23. The molecule has 0 radical (unpaired) electrons. The van der Waals surface area contributed by atoms with Crippen LogP contribution in [0.1, 0.15) is 29.3 Å². The molecule has 1 aromatic carbocycles. The molecule has 0 saturated carbocycles. The first kappa shape index (κ1) is 14.6. The Morgan fingerprint density at radius 2 is 2.11 bits per heavy atom. The third-order valence-corrected chi connectivity index (χ3v) is 2.51. The van der Waals surface area contributed by atoms with Crippen molar-refractivity contribution in [2.24, 2.45) is 0 Å². The van der Waals surface area contributed by atoms with Crippen LogP contribution in [-0.4, -0.2) is 27.9 Å². The Bertz CT molecular complexity index is 527. The van der Waals surface area contributed by atoms with Crippen LogP contribution in [0.5, 0.6) is 0 Å². The predicted molar refractivity (Wildman–Crippen MR) is 67.0 cm³/mol. The minimum absolute atomic E-state index is 0.0601. The molecule has 1 amide bonds.